The van der Waals surface area contributed by atoms with E-state index in [0.29, 0.717) is 18.0 Å². The SMILES string of the molecule is CN1CC(CN)CC1c1ccc(O)c(O)c1F. The van der Waals surface area contributed by atoms with Gasteiger partial charge in [-0.1, -0.05) is 6.07 Å². The van der Waals surface area contributed by atoms with Crippen LogP contribution in [0, 0.1) is 11.7 Å². The number of phenols is 2. The predicted octanol–water partition coefficient (Wildman–Crippen LogP) is 1.19. The van der Waals surface area contributed by atoms with Gasteiger partial charge in [-0.05, 0) is 32.0 Å². The Labute approximate surface area is 99.5 Å². The molecule has 17 heavy (non-hydrogen) atoms. The highest BCUT2D eigenvalue weighted by atomic mass is 19.1. The van der Waals surface area contributed by atoms with E-state index in [1.54, 1.807) is 0 Å². The summed E-state index contributed by atoms with van der Waals surface area (Å²) in [6, 6.07) is 2.75. The van der Waals surface area contributed by atoms with E-state index >= 15 is 0 Å². The van der Waals surface area contributed by atoms with Crippen molar-refractivity contribution >= 4 is 0 Å². The molecule has 94 valence electrons. The zero-order chi connectivity index (χ0) is 12.6. The van der Waals surface area contributed by atoms with E-state index in [4.69, 9.17) is 5.73 Å². The number of likely N-dealkylation sites (tertiary alicyclic amines) is 1. The standard InChI is InChI=1S/C12H17FN2O2/c1-15-6-7(5-14)4-9(15)8-2-3-10(16)12(17)11(8)13/h2-3,7,9,16-17H,4-6,14H2,1H3. The molecule has 1 aliphatic heterocycles. The van der Waals surface area contributed by atoms with Gasteiger partial charge in [0.25, 0.3) is 0 Å². The number of benzene rings is 1. The second-order valence-corrected chi connectivity index (χ2v) is 4.63. The first-order chi connectivity index (χ1) is 8.04. The monoisotopic (exact) mass is 240 g/mol. The Morgan fingerprint density at radius 1 is 1.47 bits per heavy atom. The third-order valence-corrected chi connectivity index (χ3v) is 3.45. The lowest BCUT2D eigenvalue weighted by Crippen LogP contribution is -2.21. The molecule has 0 saturated carbocycles. The van der Waals surface area contributed by atoms with Crippen molar-refractivity contribution in [3.63, 3.8) is 0 Å². The van der Waals surface area contributed by atoms with Crippen LogP contribution in [0.25, 0.3) is 0 Å². The predicted molar refractivity (Wildman–Crippen MR) is 62.3 cm³/mol. The van der Waals surface area contributed by atoms with Crippen LogP contribution in [0.5, 0.6) is 11.5 Å². The Morgan fingerprint density at radius 2 is 2.18 bits per heavy atom. The first kappa shape index (κ1) is 12.1. The number of halogens is 1. The fourth-order valence-electron chi connectivity index (χ4n) is 2.47. The molecule has 1 aromatic carbocycles. The summed E-state index contributed by atoms with van der Waals surface area (Å²) in [5, 5.41) is 18.6. The van der Waals surface area contributed by atoms with Crippen molar-refractivity contribution in [2.75, 3.05) is 20.1 Å². The highest BCUT2D eigenvalue weighted by Crippen LogP contribution is 2.39. The number of aromatic hydroxyl groups is 2. The van der Waals surface area contributed by atoms with Gasteiger partial charge in [-0.15, -0.1) is 0 Å². The van der Waals surface area contributed by atoms with Crippen molar-refractivity contribution in [2.45, 2.75) is 12.5 Å². The summed E-state index contributed by atoms with van der Waals surface area (Å²) in [7, 11) is 1.91. The third-order valence-electron chi connectivity index (χ3n) is 3.45. The van der Waals surface area contributed by atoms with E-state index < -0.39 is 17.3 Å². The molecule has 2 rings (SSSR count). The molecule has 2 unspecified atom stereocenters. The maximum absolute atomic E-state index is 13.9. The zero-order valence-electron chi connectivity index (χ0n) is 9.73. The van der Waals surface area contributed by atoms with Crippen LogP contribution < -0.4 is 5.73 Å². The number of phenolic OH excluding ortho intramolecular Hbond substituents is 2. The minimum atomic E-state index is -0.737. The minimum Gasteiger partial charge on any atom is -0.504 e. The molecule has 0 spiro atoms. The molecule has 0 aromatic heterocycles. The molecular formula is C12H17FN2O2. The minimum absolute atomic E-state index is 0.0879. The number of hydrogen-bond acceptors (Lipinski definition) is 4. The molecule has 1 aromatic rings. The molecule has 0 bridgehead atoms. The lowest BCUT2D eigenvalue weighted by atomic mass is 9.99. The molecule has 0 aliphatic carbocycles. The van der Waals surface area contributed by atoms with Gasteiger partial charge in [0, 0.05) is 18.2 Å². The molecule has 1 saturated heterocycles. The van der Waals surface area contributed by atoms with Gasteiger partial charge in [0.1, 0.15) is 0 Å². The molecule has 1 heterocycles. The maximum Gasteiger partial charge on any atom is 0.194 e. The van der Waals surface area contributed by atoms with Gasteiger partial charge in [-0.25, -0.2) is 4.39 Å². The topological polar surface area (TPSA) is 69.7 Å². The van der Waals surface area contributed by atoms with Crippen molar-refractivity contribution in [2.24, 2.45) is 11.7 Å². The molecule has 2 atom stereocenters. The van der Waals surface area contributed by atoms with Gasteiger partial charge in [-0.2, -0.15) is 0 Å². The Balaban J connectivity index is 2.32. The van der Waals surface area contributed by atoms with Crippen LogP contribution >= 0.6 is 0 Å². The average molecular weight is 240 g/mol. The second-order valence-electron chi connectivity index (χ2n) is 4.63. The number of nitrogens with zero attached hydrogens (tertiary/aromatic N) is 1. The van der Waals surface area contributed by atoms with Crippen LogP contribution in [0.3, 0.4) is 0 Å². The lowest BCUT2D eigenvalue weighted by molar-refractivity contribution is 0.301. The van der Waals surface area contributed by atoms with Gasteiger partial charge in [0.05, 0.1) is 0 Å². The molecule has 1 fully saturated rings. The highest BCUT2D eigenvalue weighted by molar-refractivity contribution is 5.43. The normalized spacial score (nSPS) is 25.4. The molecule has 4 nitrogen and oxygen atoms in total. The second kappa shape index (κ2) is 4.50. The third kappa shape index (κ3) is 2.08. The number of nitrogens with two attached hydrogens (primary N) is 1. The van der Waals surface area contributed by atoms with Gasteiger partial charge in [0.15, 0.2) is 17.3 Å². The van der Waals surface area contributed by atoms with E-state index in [1.807, 2.05) is 11.9 Å². The molecule has 1 aliphatic rings. The van der Waals surface area contributed by atoms with Gasteiger partial charge < -0.3 is 15.9 Å². The van der Waals surface area contributed by atoms with Gasteiger partial charge in [0.2, 0.25) is 0 Å². The summed E-state index contributed by atoms with van der Waals surface area (Å²) >= 11 is 0. The van der Waals surface area contributed by atoms with E-state index in [0.717, 1.165) is 13.0 Å². The summed E-state index contributed by atoms with van der Waals surface area (Å²) < 4.78 is 13.9. The highest BCUT2D eigenvalue weighted by Gasteiger charge is 2.32. The smallest absolute Gasteiger partial charge is 0.194 e. The van der Waals surface area contributed by atoms with E-state index in [1.165, 1.54) is 12.1 Å². The van der Waals surface area contributed by atoms with Crippen LogP contribution in [-0.4, -0.2) is 35.3 Å². The summed E-state index contributed by atoms with van der Waals surface area (Å²) in [6.45, 7) is 1.40. The van der Waals surface area contributed by atoms with Crippen LogP contribution in [0.2, 0.25) is 0 Å². The van der Waals surface area contributed by atoms with E-state index in [-0.39, 0.29) is 6.04 Å². The Bertz CT molecular complexity index is 425. The number of rotatable bonds is 2. The van der Waals surface area contributed by atoms with Gasteiger partial charge >= 0.3 is 0 Å². The van der Waals surface area contributed by atoms with Crippen LogP contribution in [0.1, 0.15) is 18.0 Å². The summed E-state index contributed by atoms with van der Waals surface area (Å²) in [6.07, 6.45) is 0.772. The number of hydrogen-bond donors (Lipinski definition) is 3. The summed E-state index contributed by atoms with van der Waals surface area (Å²) in [5.74, 6) is -1.49. The van der Waals surface area contributed by atoms with Crippen molar-refractivity contribution in [3.8, 4) is 11.5 Å². The summed E-state index contributed by atoms with van der Waals surface area (Å²) in [5.41, 5.74) is 6.03. The first-order valence-electron chi connectivity index (χ1n) is 5.65. The van der Waals surface area contributed by atoms with Gasteiger partial charge in [-0.3, -0.25) is 4.90 Å². The van der Waals surface area contributed by atoms with Crippen molar-refractivity contribution < 1.29 is 14.6 Å². The molecule has 0 radical (unpaired) electrons. The summed E-state index contributed by atoms with van der Waals surface area (Å²) in [4.78, 5) is 2.02. The molecule has 4 N–H and O–H groups in total. The first-order valence-corrected chi connectivity index (χ1v) is 5.65. The fraction of sp³-hybridized carbons (Fsp3) is 0.500. The largest absolute Gasteiger partial charge is 0.504 e. The zero-order valence-corrected chi connectivity index (χ0v) is 9.73. The van der Waals surface area contributed by atoms with Crippen molar-refractivity contribution in [1.82, 2.24) is 4.90 Å². The Hall–Kier alpha value is -1.33. The lowest BCUT2D eigenvalue weighted by Gasteiger charge is -2.20. The van der Waals surface area contributed by atoms with Crippen LogP contribution in [-0.2, 0) is 0 Å². The van der Waals surface area contributed by atoms with Crippen LogP contribution in [0.4, 0.5) is 4.39 Å². The molecule has 5 heteroatoms. The Morgan fingerprint density at radius 3 is 2.76 bits per heavy atom. The fourth-order valence-corrected chi connectivity index (χ4v) is 2.47. The van der Waals surface area contributed by atoms with Crippen molar-refractivity contribution in [1.29, 1.82) is 0 Å². The average Bonchev–Trinajstić information content (AvgIpc) is 2.68. The quantitative estimate of drug-likeness (QED) is 0.679. The van der Waals surface area contributed by atoms with Crippen molar-refractivity contribution in [3.05, 3.63) is 23.5 Å². The maximum atomic E-state index is 13.9. The molecule has 0 amide bonds. The molecular weight excluding hydrogens is 223 g/mol. The Kier molecular flexibility index (Phi) is 3.22. The van der Waals surface area contributed by atoms with Crippen LogP contribution in [0.15, 0.2) is 12.1 Å². The van der Waals surface area contributed by atoms with E-state index in [9.17, 15) is 14.6 Å². The van der Waals surface area contributed by atoms with E-state index in [2.05, 4.69) is 0 Å².